The summed E-state index contributed by atoms with van der Waals surface area (Å²) in [7, 11) is 0. The Morgan fingerprint density at radius 1 is 0.789 bits per heavy atom. The molecular weight excluding hydrogens is 472 g/mol. The number of aromatic nitrogens is 8. The van der Waals surface area contributed by atoms with Gasteiger partial charge < -0.3 is 4.57 Å². The molecule has 0 saturated heterocycles. The molecule has 0 unspecified atom stereocenters. The summed E-state index contributed by atoms with van der Waals surface area (Å²) in [5.74, 6) is 2.09. The van der Waals surface area contributed by atoms with Crippen LogP contribution in [-0.4, -0.2) is 40.4 Å². The van der Waals surface area contributed by atoms with E-state index >= 15 is 0 Å². The van der Waals surface area contributed by atoms with Crippen LogP contribution < -0.4 is 0 Å². The summed E-state index contributed by atoms with van der Waals surface area (Å²) in [6.45, 7) is 16.1. The Hall–Kier alpha value is -3.94. The number of fused-ring (bicyclic) bond motifs is 1. The number of imidazole rings is 1. The predicted octanol–water partition coefficient (Wildman–Crippen LogP) is 6.56. The van der Waals surface area contributed by atoms with Crippen LogP contribution in [0.3, 0.4) is 0 Å². The maximum Gasteiger partial charge on any atom is 0.205 e. The Labute approximate surface area is 223 Å². The third-order valence-corrected chi connectivity index (χ3v) is 6.73. The molecule has 3 heterocycles. The van der Waals surface area contributed by atoms with E-state index in [2.05, 4.69) is 115 Å². The second-order valence-electron chi connectivity index (χ2n) is 11.8. The fourth-order valence-electron chi connectivity index (χ4n) is 4.98. The number of rotatable bonds is 7. The SMILES string of the molecule is CC(C)c1nnc(C(C)C)c2c1nc(CC(C)(C)C)n2Cc1ccccc1-c1ccccc1-c1nn[nH]n1. The van der Waals surface area contributed by atoms with Crippen molar-refractivity contribution in [3.63, 3.8) is 0 Å². The molecule has 0 amide bonds. The van der Waals surface area contributed by atoms with Gasteiger partial charge in [-0.05, 0) is 39.2 Å². The molecule has 0 spiro atoms. The molecule has 1 N–H and O–H groups in total. The average Bonchev–Trinajstić information content (AvgIpc) is 3.52. The number of benzene rings is 2. The first-order valence-electron chi connectivity index (χ1n) is 13.3. The van der Waals surface area contributed by atoms with E-state index in [4.69, 9.17) is 10.1 Å². The van der Waals surface area contributed by atoms with Gasteiger partial charge in [0.1, 0.15) is 11.3 Å². The number of aromatic amines is 1. The second-order valence-corrected chi connectivity index (χ2v) is 11.8. The Bertz CT molecular complexity index is 1560. The molecule has 0 radical (unpaired) electrons. The zero-order valence-corrected chi connectivity index (χ0v) is 23.3. The van der Waals surface area contributed by atoms with Crippen molar-refractivity contribution in [3.05, 3.63) is 71.3 Å². The lowest BCUT2D eigenvalue weighted by Crippen LogP contribution is -2.16. The minimum Gasteiger partial charge on any atom is -0.322 e. The van der Waals surface area contributed by atoms with Gasteiger partial charge in [0.15, 0.2) is 0 Å². The molecule has 38 heavy (non-hydrogen) atoms. The van der Waals surface area contributed by atoms with E-state index < -0.39 is 0 Å². The van der Waals surface area contributed by atoms with Gasteiger partial charge in [0, 0.05) is 12.0 Å². The molecule has 0 saturated carbocycles. The van der Waals surface area contributed by atoms with E-state index in [1.165, 1.54) is 5.56 Å². The Morgan fingerprint density at radius 3 is 2.05 bits per heavy atom. The summed E-state index contributed by atoms with van der Waals surface area (Å²) in [4.78, 5) is 5.25. The van der Waals surface area contributed by atoms with E-state index in [-0.39, 0.29) is 17.3 Å². The number of hydrogen-bond acceptors (Lipinski definition) is 6. The monoisotopic (exact) mass is 508 g/mol. The Morgan fingerprint density at radius 2 is 1.42 bits per heavy atom. The third-order valence-electron chi connectivity index (χ3n) is 6.73. The van der Waals surface area contributed by atoms with Gasteiger partial charge in [-0.1, -0.05) is 97.0 Å². The Balaban J connectivity index is 1.74. The minimum atomic E-state index is 0.0701. The Kier molecular flexibility index (Phi) is 6.82. The molecule has 0 bridgehead atoms. The first kappa shape index (κ1) is 25.7. The van der Waals surface area contributed by atoms with Gasteiger partial charge in [-0.15, -0.1) is 10.2 Å². The van der Waals surface area contributed by atoms with Gasteiger partial charge in [0.05, 0.1) is 23.4 Å². The standard InChI is InChI=1S/C30H36N8/c1-18(2)25-27-28(26(19(3)4)33-32-25)38(24(31-27)16-30(5,6)7)17-20-12-8-9-13-21(20)22-14-10-11-15-23(22)29-34-36-37-35-29/h8-15,18-19H,16-17H2,1-7H3,(H,34,35,36,37). The molecule has 2 aromatic carbocycles. The van der Waals surface area contributed by atoms with Gasteiger partial charge in [0.2, 0.25) is 5.82 Å². The lowest BCUT2D eigenvalue weighted by atomic mass is 9.91. The van der Waals surface area contributed by atoms with E-state index in [0.717, 1.165) is 51.4 Å². The van der Waals surface area contributed by atoms with E-state index in [1.54, 1.807) is 0 Å². The lowest BCUT2D eigenvalue weighted by Gasteiger charge is -2.21. The molecule has 0 aliphatic carbocycles. The van der Waals surface area contributed by atoms with E-state index in [0.29, 0.717) is 12.4 Å². The smallest absolute Gasteiger partial charge is 0.205 e. The molecule has 8 nitrogen and oxygen atoms in total. The summed E-state index contributed by atoms with van der Waals surface area (Å²) in [5, 5.41) is 24.2. The quantitative estimate of drug-likeness (QED) is 0.267. The highest BCUT2D eigenvalue weighted by Gasteiger charge is 2.25. The van der Waals surface area contributed by atoms with Crippen LogP contribution >= 0.6 is 0 Å². The number of hydrogen-bond donors (Lipinski definition) is 1. The van der Waals surface area contributed by atoms with Crippen molar-refractivity contribution >= 4 is 11.0 Å². The maximum atomic E-state index is 5.25. The molecule has 0 aliphatic heterocycles. The number of nitrogens with one attached hydrogen (secondary N) is 1. The fourth-order valence-corrected chi connectivity index (χ4v) is 4.98. The predicted molar refractivity (Wildman–Crippen MR) is 151 cm³/mol. The van der Waals surface area contributed by atoms with E-state index in [9.17, 15) is 0 Å². The molecule has 3 aromatic heterocycles. The number of nitrogens with zero attached hydrogens (tertiary/aromatic N) is 7. The van der Waals surface area contributed by atoms with Crippen molar-refractivity contribution < 1.29 is 0 Å². The van der Waals surface area contributed by atoms with Crippen LogP contribution in [0.2, 0.25) is 0 Å². The third kappa shape index (κ3) is 4.95. The van der Waals surface area contributed by atoms with Gasteiger partial charge in [-0.3, -0.25) is 0 Å². The normalized spacial score (nSPS) is 12.2. The molecule has 8 heteroatoms. The largest absolute Gasteiger partial charge is 0.322 e. The first-order chi connectivity index (χ1) is 18.1. The van der Waals surface area contributed by atoms with Crippen LogP contribution in [0, 0.1) is 5.41 Å². The minimum absolute atomic E-state index is 0.0701. The molecule has 0 aliphatic rings. The maximum absolute atomic E-state index is 5.25. The highest BCUT2D eigenvalue weighted by Crippen LogP contribution is 2.35. The van der Waals surface area contributed by atoms with Gasteiger partial charge >= 0.3 is 0 Å². The summed E-state index contributed by atoms with van der Waals surface area (Å²) in [5.41, 5.74) is 8.41. The summed E-state index contributed by atoms with van der Waals surface area (Å²) < 4.78 is 2.38. The molecule has 0 atom stereocenters. The molecule has 5 rings (SSSR count). The van der Waals surface area contributed by atoms with Crippen LogP contribution in [-0.2, 0) is 13.0 Å². The van der Waals surface area contributed by atoms with Crippen molar-refractivity contribution in [1.82, 2.24) is 40.4 Å². The van der Waals surface area contributed by atoms with Crippen molar-refractivity contribution in [2.75, 3.05) is 0 Å². The van der Waals surface area contributed by atoms with E-state index in [1.807, 2.05) is 12.1 Å². The van der Waals surface area contributed by atoms with Crippen LogP contribution in [0.25, 0.3) is 33.5 Å². The van der Waals surface area contributed by atoms with Crippen molar-refractivity contribution in [2.24, 2.45) is 5.41 Å². The molecular formula is C30H36N8. The average molecular weight is 509 g/mol. The lowest BCUT2D eigenvalue weighted by molar-refractivity contribution is 0.394. The van der Waals surface area contributed by atoms with Crippen molar-refractivity contribution in [1.29, 1.82) is 0 Å². The van der Waals surface area contributed by atoms with Crippen LogP contribution in [0.5, 0.6) is 0 Å². The van der Waals surface area contributed by atoms with Crippen LogP contribution in [0.1, 0.15) is 83.1 Å². The van der Waals surface area contributed by atoms with Crippen molar-refractivity contribution in [3.8, 4) is 22.5 Å². The molecule has 5 aromatic rings. The van der Waals surface area contributed by atoms with Gasteiger partial charge in [0.25, 0.3) is 0 Å². The van der Waals surface area contributed by atoms with Gasteiger partial charge in [-0.2, -0.15) is 15.4 Å². The number of H-pyrrole nitrogens is 1. The highest BCUT2D eigenvalue weighted by atomic mass is 15.5. The van der Waals surface area contributed by atoms with Crippen molar-refractivity contribution in [2.45, 2.75) is 73.3 Å². The second kappa shape index (κ2) is 10.1. The molecule has 0 fully saturated rings. The molecule has 196 valence electrons. The van der Waals surface area contributed by atoms with Gasteiger partial charge in [-0.25, -0.2) is 4.98 Å². The zero-order chi connectivity index (χ0) is 27.0. The summed E-state index contributed by atoms with van der Waals surface area (Å²) in [6, 6.07) is 16.8. The van der Waals surface area contributed by atoms with Crippen LogP contribution in [0.15, 0.2) is 48.5 Å². The summed E-state index contributed by atoms with van der Waals surface area (Å²) in [6.07, 6.45) is 0.846. The zero-order valence-electron chi connectivity index (χ0n) is 23.3. The number of tetrazole rings is 1. The highest BCUT2D eigenvalue weighted by molar-refractivity contribution is 5.83. The first-order valence-corrected chi connectivity index (χ1v) is 13.3. The topological polar surface area (TPSA) is 98.1 Å². The van der Waals surface area contributed by atoms with Crippen LogP contribution in [0.4, 0.5) is 0 Å². The fraction of sp³-hybridized carbons (Fsp3) is 0.400. The summed E-state index contributed by atoms with van der Waals surface area (Å²) >= 11 is 0.